The Bertz CT molecular complexity index is 477. The van der Waals surface area contributed by atoms with E-state index in [1.165, 1.54) is 0 Å². The number of rotatable bonds is 5. The molecule has 2 atom stereocenters. The van der Waals surface area contributed by atoms with Crippen molar-refractivity contribution in [2.75, 3.05) is 0 Å². The van der Waals surface area contributed by atoms with E-state index in [9.17, 15) is 9.59 Å². The van der Waals surface area contributed by atoms with E-state index in [-0.39, 0.29) is 17.3 Å². The van der Waals surface area contributed by atoms with Crippen LogP contribution in [0.1, 0.15) is 52.7 Å². The van der Waals surface area contributed by atoms with E-state index < -0.39 is 12.1 Å². The molecule has 1 amide bonds. The number of hydrogen-bond donors (Lipinski definition) is 1. The smallest absolute Gasteiger partial charge is 0.408 e. The highest BCUT2D eigenvalue weighted by Gasteiger charge is 2.32. The van der Waals surface area contributed by atoms with Gasteiger partial charge < -0.3 is 10.1 Å². The van der Waals surface area contributed by atoms with Crippen LogP contribution in [0.15, 0.2) is 30.3 Å². The van der Waals surface area contributed by atoms with Gasteiger partial charge in [0.15, 0.2) is 5.78 Å². The van der Waals surface area contributed by atoms with Crippen LogP contribution in [0.25, 0.3) is 0 Å². The van der Waals surface area contributed by atoms with Crippen molar-refractivity contribution in [1.82, 2.24) is 5.32 Å². The fourth-order valence-corrected chi connectivity index (χ4v) is 2.09. The summed E-state index contributed by atoms with van der Waals surface area (Å²) in [7, 11) is 0. The van der Waals surface area contributed by atoms with E-state index >= 15 is 0 Å². The molecule has 0 radical (unpaired) electrons. The molecular weight excluding hydrogens is 266 g/mol. The second kappa shape index (κ2) is 7.25. The van der Waals surface area contributed by atoms with Gasteiger partial charge in [-0.05, 0) is 17.9 Å². The minimum atomic E-state index is -0.562. The standard InChI is InChI=1S/C17H25NO3/c1-6-14(19)15(17(3,4)5)18-16(20)21-12(2)13-10-8-7-9-11-13/h7-12,15H,6H2,1-5H3,(H,18,20). The van der Waals surface area contributed by atoms with Crippen LogP contribution in [-0.2, 0) is 9.53 Å². The van der Waals surface area contributed by atoms with Gasteiger partial charge in [-0.1, -0.05) is 58.0 Å². The SMILES string of the molecule is CCC(=O)C(NC(=O)OC(C)c1ccccc1)C(C)(C)C. The van der Waals surface area contributed by atoms with Gasteiger partial charge in [0.05, 0.1) is 6.04 Å². The lowest BCUT2D eigenvalue weighted by Crippen LogP contribution is -2.49. The minimum absolute atomic E-state index is 0.00631. The molecule has 2 unspecified atom stereocenters. The molecule has 1 aromatic rings. The van der Waals surface area contributed by atoms with Crippen molar-refractivity contribution in [2.24, 2.45) is 5.41 Å². The Morgan fingerprint density at radius 3 is 2.24 bits per heavy atom. The molecule has 21 heavy (non-hydrogen) atoms. The van der Waals surface area contributed by atoms with Crippen molar-refractivity contribution in [1.29, 1.82) is 0 Å². The summed E-state index contributed by atoms with van der Waals surface area (Å²) in [4.78, 5) is 24.0. The molecule has 0 saturated carbocycles. The summed E-state index contributed by atoms with van der Waals surface area (Å²) < 4.78 is 5.35. The Hall–Kier alpha value is -1.84. The van der Waals surface area contributed by atoms with Gasteiger partial charge >= 0.3 is 6.09 Å². The third kappa shape index (κ3) is 5.21. The molecule has 0 aliphatic heterocycles. The molecule has 0 fully saturated rings. The Morgan fingerprint density at radius 1 is 1.19 bits per heavy atom. The first kappa shape index (κ1) is 17.2. The first-order valence-electron chi connectivity index (χ1n) is 7.30. The average molecular weight is 291 g/mol. The third-order valence-corrected chi connectivity index (χ3v) is 3.35. The molecule has 116 valence electrons. The Labute approximate surface area is 126 Å². The summed E-state index contributed by atoms with van der Waals surface area (Å²) in [6.45, 7) is 9.37. The van der Waals surface area contributed by atoms with Crippen molar-refractivity contribution < 1.29 is 14.3 Å². The maximum absolute atomic E-state index is 12.0. The molecule has 4 heteroatoms. The maximum atomic E-state index is 12.0. The highest BCUT2D eigenvalue weighted by Crippen LogP contribution is 2.22. The van der Waals surface area contributed by atoms with Crippen molar-refractivity contribution in [2.45, 2.75) is 53.2 Å². The molecule has 0 saturated heterocycles. The number of ether oxygens (including phenoxy) is 1. The zero-order valence-corrected chi connectivity index (χ0v) is 13.5. The summed E-state index contributed by atoms with van der Waals surface area (Å²) in [5.41, 5.74) is 0.573. The van der Waals surface area contributed by atoms with E-state index in [2.05, 4.69) is 5.32 Å². The summed E-state index contributed by atoms with van der Waals surface area (Å²) >= 11 is 0. The van der Waals surface area contributed by atoms with E-state index in [1.807, 2.05) is 58.0 Å². The zero-order chi connectivity index (χ0) is 16.0. The van der Waals surface area contributed by atoms with E-state index in [0.717, 1.165) is 5.56 Å². The number of carbonyl (C=O) groups excluding carboxylic acids is 2. The van der Waals surface area contributed by atoms with Crippen molar-refractivity contribution in [3.05, 3.63) is 35.9 Å². The van der Waals surface area contributed by atoms with Gasteiger partial charge in [0, 0.05) is 6.42 Å². The van der Waals surface area contributed by atoms with Crippen LogP contribution in [0.5, 0.6) is 0 Å². The summed E-state index contributed by atoms with van der Waals surface area (Å²) in [6.07, 6.45) is -0.534. The number of benzene rings is 1. The molecule has 4 nitrogen and oxygen atoms in total. The number of alkyl carbamates (subject to hydrolysis) is 1. The van der Waals surface area contributed by atoms with Gasteiger partial charge in [-0.25, -0.2) is 4.79 Å². The molecule has 0 heterocycles. The van der Waals surface area contributed by atoms with Crippen LogP contribution in [0, 0.1) is 5.41 Å². The predicted octanol–water partition coefficient (Wildman–Crippen LogP) is 3.87. The van der Waals surface area contributed by atoms with Crippen LogP contribution in [-0.4, -0.2) is 17.9 Å². The first-order chi connectivity index (χ1) is 9.75. The van der Waals surface area contributed by atoms with Crippen LogP contribution in [0.3, 0.4) is 0 Å². The first-order valence-corrected chi connectivity index (χ1v) is 7.30. The molecule has 1 rings (SSSR count). The summed E-state index contributed by atoms with van der Waals surface area (Å²) in [5, 5.41) is 2.70. The highest BCUT2D eigenvalue weighted by molar-refractivity contribution is 5.87. The molecule has 1 N–H and O–H groups in total. The van der Waals surface area contributed by atoms with Crippen LogP contribution in [0.4, 0.5) is 4.79 Å². The largest absolute Gasteiger partial charge is 0.442 e. The lowest BCUT2D eigenvalue weighted by Gasteiger charge is -2.30. The number of amides is 1. The summed E-state index contributed by atoms with van der Waals surface area (Å²) in [6, 6.07) is 8.95. The zero-order valence-electron chi connectivity index (χ0n) is 13.5. The quantitative estimate of drug-likeness (QED) is 0.896. The molecular formula is C17H25NO3. The van der Waals surface area contributed by atoms with Gasteiger partial charge in [-0.2, -0.15) is 0 Å². The molecule has 0 bridgehead atoms. The fraction of sp³-hybridized carbons (Fsp3) is 0.529. The van der Waals surface area contributed by atoms with Crippen LogP contribution < -0.4 is 5.32 Å². The van der Waals surface area contributed by atoms with E-state index in [1.54, 1.807) is 6.92 Å². The number of hydrogen-bond acceptors (Lipinski definition) is 3. The number of nitrogens with one attached hydrogen (secondary N) is 1. The van der Waals surface area contributed by atoms with Crippen molar-refractivity contribution >= 4 is 11.9 Å². The lowest BCUT2D eigenvalue weighted by atomic mass is 9.83. The van der Waals surface area contributed by atoms with Gasteiger partial charge in [0.1, 0.15) is 6.10 Å². The predicted molar refractivity (Wildman–Crippen MR) is 83.0 cm³/mol. The highest BCUT2D eigenvalue weighted by atomic mass is 16.6. The Kier molecular flexibility index (Phi) is 5.94. The lowest BCUT2D eigenvalue weighted by molar-refractivity contribution is -0.123. The normalized spacial score (nSPS) is 14.1. The van der Waals surface area contributed by atoms with E-state index in [4.69, 9.17) is 4.74 Å². The third-order valence-electron chi connectivity index (χ3n) is 3.35. The second-order valence-corrected chi connectivity index (χ2v) is 6.22. The number of ketones is 1. The fourth-order valence-electron chi connectivity index (χ4n) is 2.09. The minimum Gasteiger partial charge on any atom is -0.442 e. The van der Waals surface area contributed by atoms with Crippen LogP contribution in [0.2, 0.25) is 0 Å². The van der Waals surface area contributed by atoms with Crippen LogP contribution >= 0.6 is 0 Å². The Balaban J connectivity index is 2.69. The number of carbonyl (C=O) groups is 2. The molecule has 1 aromatic carbocycles. The molecule has 0 aromatic heterocycles. The Morgan fingerprint density at radius 2 is 1.76 bits per heavy atom. The molecule has 0 spiro atoms. The average Bonchev–Trinajstić information content (AvgIpc) is 2.43. The monoisotopic (exact) mass is 291 g/mol. The van der Waals surface area contributed by atoms with Crippen molar-refractivity contribution in [3.63, 3.8) is 0 Å². The van der Waals surface area contributed by atoms with Gasteiger partial charge in [0.25, 0.3) is 0 Å². The molecule has 0 aliphatic rings. The second-order valence-electron chi connectivity index (χ2n) is 6.22. The maximum Gasteiger partial charge on any atom is 0.408 e. The van der Waals surface area contributed by atoms with Gasteiger partial charge in [0.2, 0.25) is 0 Å². The van der Waals surface area contributed by atoms with Gasteiger partial charge in [-0.15, -0.1) is 0 Å². The van der Waals surface area contributed by atoms with E-state index in [0.29, 0.717) is 6.42 Å². The van der Waals surface area contributed by atoms with Crippen molar-refractivity contribution in [3.8, 4) is 0 Å². The topological polar surface area (TPSA) is 55.4 Å². The number of Topliss-reactive ketones (excluding diaryl/α,β-unsaturated/α-hetero) is 1. The molecule has 0 aliphatic carbocycles. The summed E-state index contributed by atoms with van der Waals surface area (Å²) in [5.74, 6) is 0.00631. The van der Waals surface area contributed by atoms with Gasteiger partial charge in [-0.3, -0.25) is 4.79 Å².